The van der Waals surface area contributed by atoms with Crippen molar-refractivity contribution in [2.75, 3.05) is 5.32 Å². The lowest BCUT2D eigenvalue weighted by Crippen LogP contribution is -2.59. The second-order valence-electron chi connectivity index (χ2n) is 25.3. The molecule has 2 spiro atoms. The Morgan fingerprint density at radius 1 is 0.559 bits per heavy atom. The molecule has 2 heteroatoms. The average Bonchev–Trinajstić information content (AvgIpc) is 4.05. The zero-order valence-corrected chi connectivity index (χ0v) is 39.0. The normalized spacial score (nSPS) is 36.1. The first-order valence-electron chi connectivity index (χ1n) is 26.9. The van der Waals surface area contributed by atoms with E-state index in [1.54, 1.807) is 33.4 Å². The topological polar surface area (TPSA) is 12.0 Å². The number of aryl methyl sites for hydroxylation is 1. The Morgan fingerprint density at radius 3 is 2.09 bits per heavy atom. The lowest BCUT2D eigenvalue weighted by molar-refractivity contribution is -0.175. The van der Waals surface area contributed by atoms with Gasteiger partial charge < -0.3 is 5.32 Å². The van der Waals surface area contributed by atoms with Gasteiger partial charge in [-0.2, -0.15) is 0 Å². The van der Waals surface area contributed by atoms with Gasteiger partial charge in [-0.3, -0.25) is 0 Å². The highest BCUT2D eigenvalue weighted by Crippen LogP contribution is 2.85. The van der Waals surface area contributed by atoms with E-state index in [4.69, 9.17) is 0 Å². The lowest BCUT2D eigenvalue weighted by atomic mass is 9.38. The third-order valence-electron chi connectivity index (χ3n) is 23.4. The number of nitrogens with one attached hydrogen (secondary N) is 1. The molecule has 1 radical (unpaired) electrons. The van der Waals surface area contributed by atoms with Gasteiger partial charge in [0.2, 0.25) is 0 Å². The molecule has 19 rings (SSSR count). The third-order valence-corrected chi connectivity index (χ3v) is 23.4. The number of benzene rings is 7. The molecule has 2 heterocycles. The molecule has 0 aromatic heterocycles. The van der Waals surface area contributed by atoms with E-state index < -0.39 is 5.41 Å². The van der Waals surface area contributed by atoms with E-state index in [2.05, 4.69) is 153 Å². The van der Waals surface area contributed by atoms with Crippen molar-refractivity contribution >= 4 is 29.6 Å². The second kappa shape index (κ2) is 11.5. The zero-order valence-electron chi connectivity index (χ0n) is 39.0. The number of hydrogen-bond donors (Lipinski definition) is 1. The fourth-order valence-corrected chi connectivity index (χ4v) is 21.3. The molecule has 68 heavy (non-hydrogen) atoms. The highest BCUT2D eigenvalue weighted by Gasteiger charge is 2.77. The molecule has 8 saturated carbocycles. The summed E-state index contributed by atoms with van der Waals surface area (Å²) in [7, 11) is 2.71. The van der Waals surface area contributed by atoms with Crippen LogP contribution in [0.15, 0.2) is 133 Å². The summed E-state index contributed by atoms with van der Waals surface area (Å²) < 4.78 is 0. The molecular formula is C66H55BN. The smallest absolute Gasteiger partial charge is 0.193 e. The number of anilines is 2. The van der Waals surface area contributed by atoms with Gasteiger partial charge in [0.05, 0.1) is 11.1 Å². The predicted molar refractivity (Wildman–Crippen MR) is 275 cm³/mol. The summed E-state index contributed by atoms with van der Waals surface area (Å²) in [6.07, 6.45) is 14.5. The second-order valence-corrected chi connectivity index (χ2v) is 25.3. The molecule has 9 unspecified atom stereocenters. The van der Waals surface area contributed by atoms with E-state index in [0.29, 0.717) is 16.7 Å². The molecule has 12 aliphatic rings. The maximum absolute atomic E-state index is 4.15. The summed E-state index contributed by atoms with van der Waals surface area (Å²) in [5, 5.41) is 4.15. The molecule has 7 aromatic rings. The Bertz CT molecular complexity index is 3490. The van der Waals surface area contributed by atoms with Crippen molar-refractivity contribution in [2.24, 2.45) is 52.8 Å². The summed E-state index contributed by atoms with van der Waals surface area (Å²) in [4.78, 5) is 0. The van der Waals surface area contributed by atoms with Crippen LogP contribution < -0.4 is 16.2 Å². The van der Waals surface area contributed by atoms with Crippen molar-refractivity contribution in [1.29, 1.82) is 0 Å². The molecule has 10 aliphatic carbocycles. The van der Waals surface area contributed by atoms with Crippen LogP contribution in [0.3, 0.4) is 0 Å². The van der Waals surface area contributed by atoms with Gasteiger partial charge in [-0.15, -0.1) is 0 Å². The van der Waals surface area contributed by atoms with Gasteiger partial charge in [0.25, 0.3) is 0 Å². The monoisotopic (exact) mass is 872 g/mol. The van der Waals surface area contributed by atoms with Gasteiger partial charge in [-0.25, -0.2) is 0 Å². The molecule has 9 atom stereocenters. The van der Waals surface area contributed by atoms with E-state index in [0.717, 1.165) is 59.2 Å². The van der Waals surface area contributed by atoms with Crippen LogP contribution >= 0.6 is 0 Å². The highest BCUT2D eigenvalue weighted by molar-refractivity contribution is 6.70. The Labute approximate surface area is 401 Å². The van der Waals surface area contributed by atoms with Crippen LogP contribution in [0.4, 0.5) is 11.4 Å². The van der Waals surface area contributed by atoms with Crippen LogP contribution in [0.2, 0.25) is 0 Å². The summed E-state index contributed by atoms with van der Waals surface area (Å²) in [5.74, 6) is 8.31. The Morgan fingerprint density at radius 2 is 1.28 bits per heavy atom. The molecule has 0 saturated heterocycles. The van der Waals surface area contributed by atoms with Crippen LogP contribution in [0, 0.1) is 59.7 Å². The lowest BCUT2D eigenvalue weighted by Gasteiger charge is -2.66. The molecule has 7 aromatic carbocycles. The SMILES string of the molecule is Cc1cc(-c2cccc3c2Nc2ccccc2C32c3ccccc3-c3ccccc32)c2c(c1)C1Cc3ccc(C45CC6CC7CC(C4)C76C5)cc3-c3cc(C45CC6CC7CC(C4)C5C76)cc(c31)[B]2. The molecule has 8 fully saturated rings. The first kappa shape index (κ1) is 36.4. The Hall–Kier alpha value is -5.60. The minimum absolute atomic E-state index is 0.337. The number of fused-ring (bicyclic) bond motifs is 14. The van der Waals surface area contributed by atoms with Crippen LogP contribution in [-0.4, -0.2) is 7.28 Å². The molecule has 1 nitrogen and oxygen atoms in total. The van der Waals surface area contributed by atoms with Gasteiger partial charge in [-0.05, 0) is 219 Å². The van der Waals surface area contributed by atoms with Crippen LogP contribution in [0.5, 0.6) is 0 Å². The van der Waals surface area contributed by atoms with Gasteiger partial charge >= 0.3 is 0 Å². The minimum atomic E-state index is -0.423. The highest BCUT2D eigenvalue weighted by atomic mass is 14.9. The summed E-state index contributed by atoms with van der Waals surface area (Å²) in [6.45, 7) is 2.36. The molecular weight excluding hydrogens is 818 g/mol. The summed E-state index contributed by atoms with van der Waals surface area (Å²) in [6, 6.07) is 53.7. The largest absolute Gasteiger partial charge is 0.354 e. The first-order valence-corrected chi connectivity index (χ1v) is 26.9. The van der Waals surface area contributed by atoms with Crippen molar-refractivity contribution in [3.05, 3.63) is 189 Å². The number of rotatable bonds is 3. The minimum Gasteiger partial charge on any atom is -0.354 e. The summed E-state index contributed by atoms with van der Waals surface area (Å²) >= 11 is 0. The Kier molecular flexibility index (Phi) is 6.17. The van der Waals surface area contributed by atoms with E-state index in [9.17, 15) is 0 Å². The van der Waals surface area contributed by atoms with Crippen LogP contribution in [0.25, 0.3) is 33.4 Å². The summed E-state index contributed by atoms with van der Waals surface area (Å²) in [5.41, 5.74) is 30.1. The van der Waals surface area contributed by atoms with Crippen molar-refractivity contribution in [3.8, 4) is 33.4 Å². The van der Waals surface area contributed by atoms with Crippen molar-refractivity contribution in [1.82, 2.24) is 0 Å². The Balaban J connectivity index is 0.817. The average molecular weight is 873 g/mol. The van der Waals surface area contributed by atoms with E-state index >= 15 is 0 Å². The molecule has 2 bridgehead atoms. The molecule has 1 N–H and O–H groups in total. The van der Waals surface area contributed by atoms with E-state index in [-0.39, 0.29) is 0 Å². The predicted octanol–water partition coefficient (Wildman–Crippen LogP) is 13.4. The maximum Gasteiger partial charge on any atom is 0.193 e. The van der Waals surface area contributed by atoms with E-state index in [1.807, 2.05) is 0 Å². The van der Waals surface area contributed by atoms with Gasteiger partial charge in [0, 0.05) is 17.2 Å². The maximum atomic E-state index is 4.15. The quantitative estimate of drug-likeness (QED) is 0.174. The fourth-order valence-electron chi connectivity index (χ4n) is 21.3. The van der Waals surface area contributed by atoms with Crippen molar-refractivity contribution in [3.63, 3.8) is 0 Å². The van der Waals surface area contributed by atoms with Gasteiger partial charge in [-0.1, -0.05) is 144 Å². The van der Waals surface area contributed by atoms with E-state index in [1.165, 1.54) is 136 Å². The fraction of sp³-hybridized carbons (Fsp3) is 0.364. The van der Waals surface area contributed by atoms with Crippen molar-refractivity contribution < 1.29 is 0 Å². The van der Waals surface area contributed by atoms with Crippen LogP contribution in [0.1, 0.15) is 119 Å². The number of para-hydroxylation sites is 2. The zero-order chi connectivity index (χ0) is 43.8. The van der Waals surface area contributed by atoms with Crippen molar-refractivity contribution in [2.45, 2.75) is 93.3 Å². The molecule has 327 valence electrons. The first-order chi connectivity index (χ1) is 33.4. The number of hydrogen-bond acceptors (Lipinski definition) is 1. The van der Waals surface area contributed by atoms with Gasteiger partial charge in [0.1, 0.15) is 0 Å². The molecule has 0 amide bonds. The molecule has 2 aliphatic heterocycles. The third kappa shape index (κ3) is 3.81. The van der Waals surface area contributed by atoms with Gasteiger partial charge in [0.15, 0.2) is 7.28 Å². The van der Waals surface area contributed by atoms with Crippen LogP contribution in [-0.2, 0) is 22.7 Å². The standard InChI is InChI=1S/C66H55BN/c1-34-19-50(46-11-8-15-55-62(46)68-57-16-7-6-14-54(57)66(55)52-12-4-2-9-44(52)45-10-3-5-13-53(45)66)61-51(20-34)48-23-35-17-18-39(63-31-42-24-41-25-43(32-63)65(41,42)33-63)26-47(35)49-27-40(28-56(67-61)59(48)49)64-29-37-21-36-22-38(30-64)60(64)58(36)37/h2-20,26-28,36-38,41-43,48,58,60,68H,21-25,29-33H2,1H3.